The minimum absolute atomic E-state index is 0.185. The molecule has 3 aromatic carbocycles. The molecule has 1 aliphatic heterocycles. The number of carbonyl (C=O) groups is 4. The van der Waals surface area contributed by atoms with Gasteiger partial charge < -0.3 is 24.2 Å². The van der Waals surface area contributed by atoms with Crippen molar-refractivity contribution in [3.63, 3.8) is 0 Å². The minimum Gasteiger partial charge on any atom is -0.497 e. The number of Topliss-reactive ketones (excluding diaryl/α,β-unsaturated/α-hetero) is 1. The lowest BCUT2D eigenvalue weighted by Gasteiger charge is -2.35. The van der Waals surface area contributed by atoms with E-state index in [2.05, 4.69) is 0 Å². The molecule has 1 N–H and O–H groups in total. The molecular weight excluding hydrogens is 630 g/mol. The van der Waals surface area contributed by atoms with Crippen LogP contribution in [0.3, 0.4) is 0 Å². The Hall–Kier alpha value is -4.66. The number of aliphatic carboxylic acids is 1. The van der Waals surface area contributed by atoms with Crippen molar-refractivity contribution in [3.05, 3.63) is 93.0 Å². The zero-order valence-electron chi connectivity index (χ0n) is 24.3. The van der Waals surface area contributed by atoms with E-state index in [1.165, 1.54) is 11.4 Å². The zero-order chi connectivity index (χ0) is 32.9. The molecule has 2 atom stereocenters. The highest BCUT2D eigenvalue weighted by molar-refractivity contribution is 8.00. The second-order valence-electron chi connectivity index (χ2n) is 9.82. The van der Waals surface area contributed by atoms with Crippen LogP contribution in [-0.4, -0.2) is 72.1 Å². The van der Waals surface area contributed by atoms with Crippen LogP contribution in [0.4, 0.5) is 11.4 Å². The van der Waals surface area contributed by atoms with Gasteiger partial charge in [0, 0.05) is 35.6 Å². The van der Waals surface area contributed by atoms with Gasteiger partial charge >= 0.3 is 17.9 Å². The Balaban J connectivity index is 1.92. The van der Waals surface area contributed by atoms with Gasteiger partial charge in [0.25, 0.3) is 5.69 Å². The maximum atomic E-state index is 14.8. The first-order valence-corrected chi connectivity index (χ1v) is 14.6. The molecule has 236 valence electrons. The van der Waals surface area contributed by atoms with Gasteiger partial charge in [-0.1, -0.05) is 36.7 Å². The molecule has 13 nitrogen and oxygen atoms in total. The Morgan fingerprint density at radius 3 is 2.42 bits per heavy atom. The van der Waals surface area contributed by atoms with Gasteiger partial charge in [-0.2, -0.15) is 0 Å². The summed E-state index contributed by atoms with van der Waals surface area (Å²) in [5.41, 5.74) is -2.27. The van der Waals surface area contributed by atoms with Gasteiger partial charge in [0.05, 0.1) is 28.3 Å². The molecule has 0 spiro atoms. The number of nitrogens with zero attached hydrogens (tertiary/aromatic N) is 3. The number of ether oxygens (including phenoxy) is 3. The Labute approximate surface area is 266 Å². The number of fused-ring (bicyclic) bond motifs is 1. The first-order chi connectivity index (χ1) is 21.4. The SMILES string of the molecule is CCN(C)CC[C@]1(OC(=O)C(=O)O)C(=O)[C@@H](OC(=O)c2ccc([N+](=O)[O-])cc2Cl)N(c2ccc(OC)cc2)Sc2ccccc21. The van der Waals surface area contributed by atoms with Gasteiger partial charge in [-0.3, -0.25) is 19.2 Å². The van der Waals surface area contributed by atoms with Gasteiger partial charge in [0.1, 0.15) is 5.75 Å². The number of hydrogen-bond acceptors (Lipinski definition) is 12. The number of rotatable bonds is 10. The van der Waals surface area contributed by atoms with Gasteiger partial charge in [-0.15, -0.1) is 0 Å². The molecule has 3 aromatic rings. The first kappa shape index (κ1) is 33.2. The van der Waals surface area contributed by atoms with E-state index in [1.54, 1.807) is 55.6 Å². The van der Waals surface area contributed by atoms with E-state index in [1.807, 2.05) is 11.8 Å². The smallest absolute Gasteiger partial charge is 0.418 e. The maximum absolute atomic E-state index is 14.8. The third-order valence-electron chi connectivity index (χ3n) is 7.11. The fraction of sp³-hybridized carbons (Fsp3) is 0.267. The summed E-state index contributed by atoms with van der Waals surface area (Å²) in [6.07, 6.45) is -2.00. The molecule has 1 aliphatic rings. The van der Waals surface area contributed by atoms with E-state index in [0.29, 0.717) is 22.9 Å². The summed E-state index contributed by atoms with van der Waals surface area (Å²) in [6, 6.07) is 16.1. The van der Waals surface area contributed by atoms with Crippen LogP contribution < -0.4 is 9.04 Å². The number of ketones is 1. The fourth-order valence-electron chi connectivity index (χ4n) is 4.56. The van der Waals surface area contributed by atoms with Gasteiger partial charge in [-0.05, 0) is 61.9 Å². The summed E-state index contributed by atoms with van der Waals surface area (Å²) >= 11 is 7.21. The predicted octanol–water partition coefficient (Wildman–Crippen LogP) is 4.70. The van der Waals surface area contributed by atoms with Crippen molar-refractivity contribution in [1.82, 2.24) is 4.90 Å². The van der Waals surface area contributed by atoms with E-state index in [9.17, 15) is 34.4 Å². The van der Waals surface area contributed by atoms with Crippen molar-refractivity contribution in [2.24, 2.45) is 0 Å². The van der Waals surface area contributed by atoms with Crippen molar-refractivity contribution in [1.29, 1.82) is 0 Å². The van der Waals surface area contributed by atoms with E-state index >= 15 is 0 Å². The second-order valence-corrected chi connectivity index (χ2v) is 11.2. The molecule has 0 saturated heterocycles. The molecule has 0 bridgehead atoms. The number of nitro benzene ring substituents is 1. The number of nitro groups is 1. The lowest BCUT2D eigenvalue weighted by atomic mass is 9.84. The number of benzene rings is 3. The summed E-state index contributed by atoms with van der Waals surface area (Å²) < 4.78 is 18.0. The normalized spacial score (nSPS) is 17.7. The molecule has 15 heteroatoms. The topological polar surface area (TPSA) is 166 Å². The monoisotopic (exact) mass is 657 g/mol. The standard InChI is InChI=1S/C30H28ClN3O10S/c1-4-32(2)16-15-30(44-29(39)27(36)37)22-7-5-6-8-24(22)45-33(18-9-12-20(42-3)13-10-18)26(25(30)35)43-28(38)21-14-11-19(34(40)41)17-23(21)31/h5-14,17,26H,4,15-16H2,1-3H3,(H,36,37)/t26-,30-/m1/s1. The lowest BCUT2D eigenvalue weighted by molar-refractivity contribution is -0.384. The van der Waals surface area contributed by atoms with Crippen LogP contribution in [0.15, 0.2) is 71.6 Å². The number of carboxylic acids is 1. The minimum atomic E-state index is -2.21. The van der Waals surface area contributed by atoms with Crippen LogP contribution in [0, 0.1) is 10.1 Å². The second kappa shape index (κ2) is 14.0. The molecule has 0 saturated carbocycles. The van der Waals surface area contributed by atoms with Crippen molar-refractivity contribution in [3.8, 4) is 5.75 Å². The molecular formula is C30H28ClN3O10S. The van der Waals surface area contributed by atoms with Crippen LogP contribution >= 0.6 is 23.5 Å². The van der Waals surface area contributed by atoms with Gasteiger partial charge in [-0.25, -0.2) is 14.4 Å². The van der Waals surface area contributed by atoms with E-state index in [0.717, 1.165) is 30.1 Å². The average molecular weight is 658 g/mol. The van der Waals surface area contributed by atoms with Crippen LogP contribution in [-0.2, 0) is 29.5 Å². The number of carbonyl (C=O) groups excluding carboxylic acids is 3. The van der Waals surface area contributed by atoms with Crippen LogP contribution in [0.1, 0.15) is 29.3 Å². The van der Waals surface area contributed by atoms with Crippen LogP contribution in [0.2, 0.25) is 5.02 Å². The highest BCUT2D eigenvalue weighted by atomic mass is 35.5. The molecule has 45 heavy (non-hydrogen) atoms. The molecule has 1 heterocycles. The average Bonchev–Trinajstić information content (AvgIpc) is 3.12. The molecule has 0 aliphatic carbocycles. The Bertz CT molecular complexity index is 1640. The van der Waals surface area contributed by atoms with E-state index in [-0.39, 0.29) is 34.8 Å². The van der Waals surface area contributed by atoms with Crippen LogP contribution in [0.25, 0.3) is 0 Å². The number of carboxylic acid groups (broad SMARTS) is 1. The summed E-state index contributed by atoms with van der Waals surface area (Å²) in [6.45, 7) is 2.62. The number of non-ortho nitro benzene ring substituents is 1. The molecule has 0 radical (unpaired) electrons. The lowest BCUT2D eigenvalue weighted by Crippen LogP contribution is -2.53. The Kier molecular flexibility index (Phi) is 10.3. The summed E-state index contributed by atoms with van der Waals surface area (Å²) in [4.78, 5) is 65.6. The quantitative estimate of drug-likeness (QED) is 0.105. The number of halogens is 1. The highest BCUT2D eigenvalue weighted by Gasteiger charge is 2.54. The number of esters is 2. The van der Waals surface area contributed by atoms with Crippen LogP contribution in [0.5, 0.6) is 5.75 Å². The zero-order valence-corrected chi connectivity index (χ0v) is 25.9. The summed E-state index contributed by atoms with van der Waals surface area (Å²) in [5, 5.41) is 20.4. The molecule has 0 aromatic heterocycles. The Morgan fingerprint density at radius 1 is 1.13 bits per heavy atom. The predicted molar refractivity (Wildman–Crippen MR) is 163 cm³/mol. The third-order valence-corrected chi connectivity index (χ3v) is 8.57. The maximum Gasteiger partial charge on any atom is 0.418 e. The van der Waals surface area contributed by atoms with Crippen molar-refractivity contribution < 1.29 is 43.4 Å². The summed E-state index contributed by atoms with van der Waals surface area (Å²) in [5.74, 6) is -5.14. The van der Waals surface area contributed by atoms with E-state index in [4.69, 9.17) is 25.8 Å². The molecule has 0 fully saturated rings. The Morgan fingerprint density at radius 2 is 1.82 bits per heavy atom. The number of anilines is 1. The van der Waals surface area contributed by atoms with Crippen molar-refractivity contribution in [2.75, 3.05) is 31.6 Å². The molecule has 0 amide bonds. The fourth-order valence-corrected chi connectivity index (χ4v) is 5.96. The highest BCUT2D eigenvalue weighted by Crippen LogP contribution is 2.46. The van der Waals surface area contributed by atoms with Gasteiger partial charge in [0.2, 0.25) is 17.6 Å². The first-order valence-electron chi connectivity index (χ1n) is 13.5. The van der Waals surface area contributed by atoms with Gasteiger partial charge in [0.15, 0.2) is 0 Å². The van der Waals surface area contributed by atoms with Crippen molar-refractivity contribution in [2.45, 2.75) is 30.1 Å². The van der Waals surface area contributed by atoms with E-state index < -0.39 is 40.4 Å². The molecule has 0 unspecified atom stereocenters. The summed E-state index contributed by atoms with van der Waals surface area (Å²) in [7, 11) is 3.25. The molecule has 4 rings (SSSR count). The number of methoxy groups -OCH3 is 1. The third kappa shape index (κ3) is 7.03. The number of hydrogen-bond donors (Lipinski definition) is 1. The van der Waals surface area contributed by atoms with Crippen molar-refractivity contribution >= 4 is 58.6 Å². The largest absolute Gasteiger partial charge is 0.497 e.